The van der Waals surface area contributed by atoms with Gasteiger partial charge in [-0.15, -0.1) is 5.10 Å². The molecular weight excluding hydrogens is 270 g/mol. The monoisotopic (exact) mass is 283 g/mol. The molecule has 0 aliphatic heterocycles. The van der Waals surface area contributed by atoms with Crippen LogP contribution in [0.2, 0.25) is 0 Å². The van der Waals surface area contributed by atoms with Gasteiger partial charge in [-0.1, -0.05) is 24.3 Å². The van der Waals surface area contributed by atoms with E-state index in [-0.39, 0.29) is 12.2 Å². The van der Waals surface area contributed by atoms with E-state index < -0.39 is 5.91 Å². The number of aromatic nitrogens is 3. The predicted molar refractivity (Wildman–Crippen MR) is 76.6 cm³/mol. The highest BCUT2D eigenvalue weighted by Crippen LogP contribution is 2.09. The summed E-state index contributed by atoms with van der Waals surface area (Å²) < 4.78 is 2.77. The number of pyridine rings is 1. The van der Waals surface area contributed by atoms with Crippen LogP contribution in [-0.2, 0) is 6.54 Å². The minimum atomic E-state index is -0.401. The summed E-state index contributed by atoms with van der Waals surface area (Å²) in [6.45, 7) is 0.199. The SMILES string of the molecule is NNC(=O)c1ccccc1Cn1nc2ccccn2c1=O. The topological polar surface area (TPSA) is 94.4 Å². The molecule has 0 aliphatic rings. The largest absolute Gasteiger partial charge is 0.350 e. The number of fused-ring (bicyclic) bond motifs is 1. The Balaban J connectivity index is 2.05. The number of nitrogens with zero attached hydrogens (tertiary/aromatic N) is 3. The Morgan fingerprint density at radius 3 is 2.71 bits per heavy atom. The van der Waals surface area contributed by atoms with Crippen molar-refractivity contribution in [3.05, 3.63) is 70.3 Å². The number of nitrogens with one attached hydrogen (secondary N) is 1. The lowest BCUT2D eigenvalue weighted by Crippen LogP contribution is -2.31. The molecule has 7 heteroatoms. The first kappa shape index (κ1) is 13.1. The van der Waals surface area contributed by atoms with E-state index in [4.69, 9.17) is 5.84 Å². The summed E-state index contributed by atoms with van der Waals surface area (Å²) in [5, 5.41) is 4.24. The fourth-order valence-corrected chi connectivity index (χ4v) is 2.19. The molecule has 2 heterocycles. The number of rotatable bonds is 3. The molecular formula is C14H13N5O2. The summed E-state index contributed by atoms with van der Waals surface area (Å²) in [5.74, 6) is 4.77. The summed E-state index contributed by atoms with van der Waals surface area (Å²) in [5.41, 5.74) is 3.49. The number of amides is 1. The lowest BCUT2D eigenvalue weighted by molar-refractivity contribution is 0.0952. The summed E-state index contributed by atoms with van der Waals surface area (Å²) in [7, 11) is 0. The van der Waals surface area contributed by atoms with Gasteiger partial charge in [0.15, 0.2) is 5.65 Å². The van der Waals surface area contributed by atoms with Gasteiger partial charge in [0.1, 0.15) is 0 Å². The van der Waals surface area contributed by atoms with Crippen molar-refractivity contribution in [2.75, 3.05) is 0 Å². The smallest absolute Gasteiger partial charge is 0.290 e. The summed E-state index contributed by atoms with van der Waals surface area (Å²) in [4.78, 5) is 24.0. The maximum Gasteiger partial charge on any atom is 0.350 e. The third-order valence-corrected chi connectivity index (χ3v) is 3.20. The molecule has 0 unspecified atom stereocenters. The number of carbonyl (C=O) groups is 1. The molecule has 0 bridgehead atoms. The van der Waals surface area contributed by atoms with Crippen LogP contribution in [0.5, 0.6) is 0 Å². The molecule has 0 aliphatic carbocycles. The van der Waals surface area contributed by atoms with Crippen LogP contribution in [0.1, 0.15) is 15.9 Å². The molecule has 2 aromatic heterocycles. The van der Waals surface area contributed by atoms with E-state index in [9.17, 15) is 9.59 Å². The van der Waals surface area contributed by atoms with Gasteiger partial charge in [0.2, 0.25) is 0 Å². The van der Waals surface area contributed by atoms with Crippen LogP contribution >= 0.6 is 0 Å². The molecule has 0 saturated heterocycles. The maximum atomic E-state index is 12.2. The summed E-state index contributed by atoms with van der Waals surface area (Å²) >= 11 is 0. The molecule has 1 aromatic carbocycles. The van der Waals surface area contributed by atoms with Crippen molar-refractivity contribution in [3.63, 3.8) is 0 Å². The first-order valence-corrected chi connectivity index (χ1v) is 6.34. The van der Waals surface area contributed by atoms with Gasteiger partial charge in [0.25, 0.3) is 5.91 Å². The molecule has 0 radical (unpaired) electrons. The maximum absolute atomic E-state index is 12.2. The molecule has 0 saturated carbocycles. The first-order chi connectivity index (χ1) is 10.2. The molecule has 106 valence electrons. The summed E-state index contributed by atoms with van der Waals surface area (Å²) in [6.07, 6.45) is 1.65. The Morgan fingerprint density at radius 2 is 1.95 bits per heavy atom. The van der Waals surface area contributed by atoms with Crippen LogP contribution in [0, 0.1) is 0 Å². The molecule has 0 spiro atoms. The highest BCUT2D eigenvalue weighted by Gasteiger charge is 2.12. The Bertz CT molecular complexity index is 865. The van der Waals surface area contributed by atoms with Crippen molar-refractivity contribution in [1.82, 2.24) is 19.6 Å². The molecule has 7 nitrogen and oxygen atoms in total. The van der Waals surface area contributed by atoms with Crippen LogP contribution in [0.3, 0.4) is 0 Å². The molecule has 3 N–H and O–H groups in total. The molecule has 3 rings (SSSR count). The van der Waals surface area contributed by atoms with Gasteiger partial charge < -0.3 is 0 Å². The minimum absolute atomic E-state index is 0.199. The Labute approximate surface area is 119 Å². The molecule has 21 heavy (non-hydrogen) atoms. The van der Waals surface area contributed by atoms with Crippen molar-refractivity contribution in [2.45, 2.75) is 6.54 Å². The average molecular weight is 283 g/mol. The van der Waals surface area contributed by atoms with E-state index in [0.29, 0.717) is 16.8 Å². The van der Waals surface area contributed by atoms with Gasteiger partial charge in [-0.2, -0.15) is 0 Å². The lowest BCUT2D eigenvalue weighted by atomic mass is 10.1. The zero-order chi connectivity index (χ0) is 14.8. The number of hydrogen-bond donors (Lipinski definition) is 2. The van der Waals surface area contributed by atoms with Crippen molar-refractivity contribution < 1.29 is 4.79 Å². The van der Waals surface area contributed by atoms with Crippen molar-refractivity contribution >= 4 is 11.6 Å². The van der Waals surface area contributed by atoms with Crippen molar-refractivity contribution in [2.24, 2.45) is 5.84 Å². The van der Waals surface area contributed by atoms with E-state index in [2.05, 4.69) is 10.5 Å². The van der Waals surface area contributed by atoms with Crippen LogP contribution in [0.4, 0.5) is 0 Å². The average Bonchev–Trinajstić information content (AvgIpc) is 2.84. The normalized spacial score (nSPS) is 10.7. The number of nitrogen functional groups attached to an aromatic ring is 1. The van der Waals surface area contributed by atoms with E-state index in [1.165, 1.54) is 9.08 Å². The third kappa shape index (κ3) is 2.30. The van der Waals surface area contributed by atoms with Gasteiger partial charge in [-0.05, 0) is 23.8 Å². The van der Waals surface area contributed by atoms with E-state index >= 15 is 0 Å². The summed E-state index contributed by atoms with van der Waals surface area (Å²) in [6, 6.07) is 12.3. The van der Waals surface area contributed by atoms with Crippen LogP contribution < -0.4 is 17.0 Å². The number of carbonyl (C=O) groups excluding carboxylic acids is 1. The van der Waals surface area contributed by atoms with Gasteiger partial charge in [0.05, 0.1) is 6.54 Å². The number of nitrogens with two attached hydrogens (primary N) is 1. The van der Waals surface area contributed by atoms with Gasteiger partial charge in [-0.3, -0.25) is 14.6 Å². The minimum Gasteiger partial charge on any atom is -0.290 e. The van der Waals surface area contributed by atoms with Gasteiger partial charge in [-0.25, -0.2) is 15.3 Å². The molecule has 1 amide bonds. The van der Waals surface area contributed by atoms with Crippen molar-refractivity contribution in [3.8, 4) is 0 Å². The molecule has 3 aromatic rings. The lowest BCUT2D eigenvalue weighted by Gasteiger charge is -2.07. The highest BCUT2D eigenvalue weighted by atomic mass is 16.2. The van der Waals surface area contributed by atoms with Crippen molar-refractivity contribution in [1.29, 1.82) is 0 Å². The van der Waals surface area contributed by atoms with Gasteiger partial charge in [0, 0.05) is 11.8 Å². The number of hydrazine groups is 1. The first-order valence-electron chi connectivity index (χ1n) is 6.34. The second kappa shape index (κ2) is 5.22. The molecule has 0 fully saturated rings. The second-order valence-electron chi connectivity index (χ2n) is 4.50. The predicted octanol–water partition coefficient (Wildman–Crippen LogP) is 0.148. The molecule has 0 atom stereocenters. The zero-order valence-corrected chi connectivity index (χ0v) is 11.1. The number of hydrogen-bond acceptors (Lipinski definition) is 4. The Kier molecular flexibility index (Phi) is 3.25. The highest BCUT2D eigenvalue weighted by molar-refractivity contribution is 5.95. The zero-order valence-electron chi connectivity index (χ0n) is 11.1. The number of benzene rings is 1. The van der Waals surface area contributed by atoms with Gasteiger partial charge >= 0.3 is 5.69 Å². The second-order valence-corrected chi connectivity index (χ2v) is 4.50. The van der Waals surface area contributed by atoms with E-state index in [1.54, 1.807) is 42.6 Å². The fraction of sp³-hybridized carbons (Fsp3) is 0.0714. The van der Waals surface area contributed by atoms with Crippen LogP contribution in [0.15, 0.2) is 53.5 Å². The Morgan fingerprint density at radius 1 is 1.19 bits per heavy atom. The van der Waals surface area contributed by atoms with E-state index in [1.807, 2.05) is 6.07 Å². The Hall–Kier alpha value is -2.93. The van der Waals surface area contributed by atoms with E-state index in [0.717, 1.165) is 0 Å². The fourth-order valence-electron chi connectivity index (χ4n) is 2.19. The third-order valence-electron chi connectivity index (χ3n) is 3.20. The standard InChI is InChI=1S/C14H13N5O2/c15-16-13(20)11-6-2-1-5-10(11)9-19-14(21)18-8-4-3-7-12(18)17-19/h1-8H,9,15H2,(H,16,20). The van der Waals surface area contributed by atoms with Crippen LogP contribution in [0.25, 0.3) is 5.65 Å². The quantitative estimate of drug-likeness (QED) is 0.406. The van der Waals surface area contributed by atoms with Crippen LogP contribution in [-0.4, -0.2) is 20.1 Å².